The summed E-state index contributed by atoms with van der Waals surface area (Å²) in [4.78, 5) is 15.3. The van der Waals surface area contributed by atoms with E-state index < -0.39 is 22.0 Å². The molecule has 0 bridgehead atoms. The first kappa shape index (κ1) is 25.7. The van der Waals surface area contributed by atoms with Crippen LogP contribution in [0, 0.1) is 5.92 Å². The molecule has 2 N–H and O–H groups in total. The third-order valence-corrected chi connectivity index (χ3v) is 8.42. The summed E-state index contributed by atoms with van der Waals surface area (Å²) in [5.41, 5.74) is 1.95. The molecule has 0 radical (unpaired) electrons. The van der Waals surface area contributed by atoms with Crippen LogP contribution in [0.4, 0.5) is 10.8 Å². The maximum atomic E-state index is 13.2. The molecule has 0 spiro atoms. The molecule has 0 aliphatic heterocycles. The molecule has 2 atom stereocenters. The number of rotatable bonds is 9. The fourth-order valence-corrected chi connectivity index (χ4v) is 5.80. The highest BCUT2D eigenvalue weighted by Crippen LogP contribution is 2.28. The number of nitrogens with one attached hydrogen (secondary N) is 2. The van der Waals surface area contributed by atoms with Gasteiger partial charge in [-0.05, 0) is 53.1 Å². The van der Waals surface area contributed by atoms with Gasteiger partial charge in [-0.1, -0.05) is 61.9 Å². The lowest BCUT2D eigenvalue weighted by molar-refractivity contribution is -0.118. The van der Waals surface area contributed by atoms with Gasteiger partial charge in [-0.15, -0.1) is 10.2 Å². The lowest BCUT2D eigenvalue weighted by atomic mass is 9.99. The van der Waals surface area contributed by atoms with Crippen molar-refractivity contribution in [1.29, 1.82) is 0 Å². The topological polar surface area (TPSA) is 104 Å². The molecule has 0 unspecified atom stereocenters. The molecule has 0 saturated heterocycles. The zero-order chi connectivity index (χ0) is 25.9. The SMILES string of the molecule is CC[C@@H](C)[C@H](NS(=O)(=O)c1ccc2ccccc2c1)C(=O)Nc1nnc(-c2ccc(N(C)C)cc2)s1. The third-order valence-electron chi connectivity index (χ3n) is 6.09. The number of aromatic nitrogens is 2. The first-order valence-corrected chi connectivity index (χ1v) is 13.9. The highest BCUT2D eigenvalue weighted by molar-refractivity contribution is 7.89. The summed E-state index contributed by atoms with van der Waals surface area (Å²) in [5.74, 6) is -0.717. The van der Waals surface area contributed by atoms with E-state index in [-0.39, 0.29) is 10.8 Å². The van der Waals surface area contributed by atoms with Crippen LogP contribution in [0.15, 0.2) is 71.6 Å². The highest BCUT2D eigenvalue weighted by Gasteiger charge is 2.30. The van der Waals surface area contributed by atoms with Crippen LogP contribution < -0.4 is 14.9 Å². The van der Waals surface area contributed by atoms with E-state index in [0.29, 0.717) is 16.6 Å². The van der Waals surface area contributed by atoms with E-state index in [1.165, 1.54) is 11.3 Å². The van der Waals surface area contributed by atoms with Crippen LogP contribution in [-0.4, -0.2) is 44.7 Å². The van der Waals surface area contributed by atoms with E-state index in [4.69, 9.17) is 0 Å². The Morgan fingerprint density at radius 2 is 1.69 bits per heavy atom. The zero-order valence-corrected chi connectivity index (χ0v) is 22.2. The molecule has 0 saturated carbocycles. The van der Waals surface area contributed by atoms with Crippen LogP contribution in [-0.2, 0) is 14.8 Å². The molecular formula is C26H29N5O3S2. The normalized spacial score (nSPS) is 13.3. The van der Waals surface area contributed by atoms with Gasteiger partial charge in [-0.25, -0.2) is 8.42 Å². The smallest absolute Gasteiger partial charge is 0.244 e. The van der Waals surface area contributed by atoms with Crippen LogP contribution in [0.1, 0.15) is 20.3 Å². The minimum atomic E-state index is -3.94. The van der Waals surface area contributed by atoms with Gasteiger partial charge in [0.1, 0.15) is 11.0 Å². The van der Waals surface area contributed by atoms with Crippen molar-refractivity contribution in [2.75, 3.05) is 24.3 Å². The lowest BCUT2D eigenvalue weighted by Crippen LogP contribution is -2.47. The van der Waals surface area contributed by atoms with E-state index in [1.807, 2.05) is 81.4 Å². The number of hydrogen-bond acceptors (Lipinski definition) is 7. The summed E-state index contributed by atoms with van der Waals surface area (Å²) >= 11 is 1.24. The number of sulfonamides is 1. The molecule has 3 aromatic carbocycles. The second-order valence-electron chi connectivity index (χ2n) is 8.84. The van der Waals surface area contributed by atoms with Gasteiger partial charge < -0.3 is 4.90 Å². The van der Waals surface area contributed by atoms with E-state index in [9.17, 15) is 13.2 Å². The van der Waals surface area contributed by atoms with Gasteiger partial charge >= 0.3 is 0 Å². The van der Waals surface area contributed by atoms with Crippen molar-refractivity contribution >= 4 is 48.9 Å². The first-order chi connectivity index (χ1) is 17.2. The molecule has 4 rings (SSSR count). The summed E-state index contributed by atoms with van der Waals surface area (Å²) in [5, 5.41) is 13.8. The van der Waals surface area contributed by atoms with E-state index in [1.54, 1.807) is 18.2 Å². The average molecular weight is 524 g/mol. The Morgan fingerprint density at radius 1 is 1.00 bits per heavy atom. The van der Waals surface area contributed by atoms with Crippen molar-refractivity contribution in [1.82, 2.24) is 14.9 Å². The molecule has 1 amide bonds. The van der Waals surface area contributed by atoms with Crippen LogP contribution in [0.3, 0.4) is 0 Å². The van der Waals surface area contributed by atoms with E-state index in [2.05, 4.69) is 20.2 Å². The number of benzene rings is 3. The van der Waals surface area contributed by atoms with Gasteiger partial charge in [0, 0.05) is 25.3 Å². The highest BCUT2D eigenvalue weighted by atomic mass is 32.2. The fourth-order valence-electron chi connectivity index (χ4n) is 3.71. The fraction of sp³-hybridized carbons (Fsp3) is 0.269. The molecule has 0 fully saturated rings. The van der Waals surface area contributed by atoms with E-state index in [0.717, 1.165) is 22.0 Å². The molecule has 0 aliphatic rings. The second-order valence-corrected chi connectivity index (χ2v) is 11.5. The lowest BCUT2D eigenvalue weighted by Gasteiger charge is -2.23. The minimum absolute atomic E-state index is 0.113. The summed E-state index contributed by atoms with van der Waals surface area (Å²) < 4.78 is 29.0. The van der Waals surface area contributed by atoms with Gasteiger partial charge in [0.05, 0.1) is 4.90 Å². The summed E-state index contributed by atoms with van der Waals surface area (Å²) in [7, 11) is -0.00417. The van der Waals surface area contributed by atoms with Gasteiger partial charge in [0.25, 0.3) is 0 Å². The molecule has 36 heavy (non-hydrogen) atoms. The average Bonchev–Trinajstić information content (AvgIpc) is 3.35. The molecule has 4 aromatic rings. The molecule has 1 aromatic heterocycles. The van der Waals surface area contributed by atoms with Crippen molar-refractivity contribution < 1.29 is 13.2 Å². The Morgan fingerprint density at radius 3 is 2.36 bits per heavy atom. The predicted molar refractivity (Wildman–Crippen MR) is 146 cm³/mol. The molecular weight excluding hydrogens is 494 g/mol. The maximum absolute atomic E-state index is 13.2. The Kier molecular flexibility index (Phi) is 7.67. The van der Waals surface area contributed by atoms with Crippen molar-refractivity contribution in [3.8, 4) is 10.6 Å². The summed E-state index contributed by atoms with van der Waals surface area (Å²) in [6.07, 6.45) is 0.609. The van der Waals surface area contributed by atoms with Crippen LogP contribution >= 0.6 is 11.3 Å². The van der Waals surface area contributed by atoms with Gasteiger partial charge in [0.2, 0.25) is 21.1 Å². The number of carbonyl (C=O) groups excluding carboxylic acids is 1. The van der Waals surface area contributed by atoms with Crippen LogP contribution in [0.5, 0.6) is 0 Å². The molecule has 10 heteroatoms. The summed E-state index contributed by atoms with van der Waals surface area (Å²) in [6, 6.07) is 19.3. The number of amides is 1. The van der Waals surface area contributed by atoms with Gasteiger partial charge in [-0.2, -0.15) is 4.72 Å². The van der Waals surface area contributed by atoms with E-state index >= 15 is 0 Å². The van der Waals surface area contributed by atoms with Gasteiger partial charge in [0.15, 0.2) is 0 Å². The van der Waals surface area contributed by atoms with Crippen LogP contribution in [0.2, 0.25) is 0 Å². The Bertz CT molecular complexity index is 1470. The van der Waals surface area contributed by atoms with Crippen molar-refractivity contribution in [2.45, 2.75) is 31.2 Å². The van der Waals surface area contributed by atoms with Crippen molar-refractivity contribution in [2.24, 2.45) is 5.92 Å². The second kappa shape index (κ2) is 10.7. The Labute approximate surface area is 215 Å². The number of nitrogens with zero attached hydrogens (tertiary/aromatic N) is 3. The molecule has 1 heterocycles. The third kappa shape index (κ3) is 5.72. The quantitative estimate of drug-likeness (QED) is 0.328. The first-order valence-electron chi connectivity index (χ1n) is 11.6. The Balaban J connectivity index is 1.52. The zero-order valence-electron chi connectivity index (χ0n) is 20.6. The Hall–Kier alpha value is -3.34. The number of anilines is 2. The number of carbonyl (C=O) groups is 1. The molecule has 8 nitrogen and oxygen atoms in total. The monoisotopic (exact) mass is 523 g/mol. The van der Waals surface area contributed by atoms with Gasteiger partial charge in [-0.3, -0.25) is 10.1 Å². The molecule has 0 aliphatic carbocycles. The number of fused-ring (bicyclic) bond motifs is 1. The number of hydrogen-bond donors (Lipinski definition) is 2. The minimum Gasteiger partial charge on any atom is -0.378 e. The maximum Gasteiger partial charge on any atom is 0.244 e. The summed E-state index contributed by atoms with van der Waals surface area (Å²) in [6.45, 7) is 3.75. The largest absolute Gasteiger partial charge is 0.378 e. The van der Waals surface area contributed by atoms with Crippen molar-refractivity contribution in [3.63, 3.8) is 0 Å². The predicted octanol–water partition coefficient (Wildman–Crippen LogP) is 4.76. The standard InChI is InChI=1S/C26H29N5O3S2/c1-5-17(2)23(30-36(33,34)22-15-12-18-8-6-7-9-20(18)16-22)24(32)27-26-29-28-25(35-26)19-10-13-21(14-11-19)31(3)4/h6-17,23,30H,5H2,1-4H3,(H,27,29,32)/t17-,23+/m1/s1. The molecule has 188 valence electrons. The van der Waals surface area contributed by atoms with Crippen LogP contribution in [0.25, 0.3) is 21.3 Å². The van der Waals surface area contributed by atoms with Crippen molar-refractivity contribution in [3.05, 3.63) is 66.7 Å².